The van der Waals surface area contributed by atoms with Crippen molar-refractivity contribution in [1.82, 2.24) is 23.8 Å². The molecule has 4 aromatic carbocycles. The summed E-state index contributed by atoms with van der Waals surface area (Å²) in [5.41, 5.74) is 0.00318. The highest BCUT2D eigenvalue weighted by molar-refractivity contribution is 7.44. The number of ether oxygens (including phenoxy) is 2. The Morgan fingerprint density at radius 1 is 0.732 bits per heavy atom. The van der Waals surface area contributed by atoms with Gasteiger partial charge in [0.25, 0.3) is 20.3 Å². The van der Waals surface area contributed by atoms with Gasteiger partial charge in [0.2, 0.25) is 0 Å². The van der Waals surface area contributed by atoms with Crippen LogP contribution in [0.1, 0.15) is 94.0 Å². The Balaban J connectivity index is 0.000000223. The molecule has 0 radical (unpaired) electrons. The molecule has 8 rings (SSSR count). The van der Waals surface area contributed by atoms with E-state index in [4.69, 9.17) is 23.8 Å². The Bertz CT molecular complexity index is 2950. The second-order valence-corrected chi connectivity index (χ2v) is 18.7. The number of alkyl halides is 2. The lowest BCUT2D eigenvalue weighted by atomic mass is 10.1. The van der Waals surface area contributed by atoms with Gasteiger partial charge in [0.15, 0.2) is 24.8 Å². The predicted octanol–water partition coefficient (Wildman–Crippen LogP) is 8.61. The Labute approximate surface area is 410 Å². The van der Waals surface area contributed by atoms with Crippen LogP contribution in [-0.4, -0.2) is 96.1 Å². The fourth-order valence-electron chi connectivity index (χ4n) is 8.62. The van der Waals surface area contributed by atoms with Gasteiger partial charge in [-0.25, -0.2) is 23.0 Å². The minimum atomic E-state index is -1.77. The number of nitriles is 1. The van der Waals surface area contributed by atoms with E-state index in [2.05, 4.69) is 26.7 Å². The average Bonchev–Trinajstić information content (AvgIpc) is 3.83. The molecule has 2 aliphatic rings. The molecule has 17 nitrogen and oxygen atoms in total. The number of nitrogens with one attached hydrogen (secondary N) is 2. The van der Waals surface area contributed by atoms with Crippen molar-refractivity contribution in [2.24, 2.45) is 0 Å². The molecule has 0 spiro atoms. The third kappa shape index (κ3) is 11.6. The van der Waals surface area contributed by atoms with Gasteiger partial charge in [-0.3, -0.25) is 18.7 Å². The number of benzene rings is 4. The summed E-state index contributed by atoms with van der Waals surface area (Å²) in [4.78, 5) is 59.7. The van der Waals surface area contributed by atoms with Gasteiger partial charge >= 0.3 is 11.4 Å². The number of anilines is 2. The largest absolute Gasteiger partial charge is 0.387 e. The highest BCUT2D eigenvalue weighted by atomic mass is 31.2. The van der Waals surface area contributed by atoms with Crippen molar-refractivity contribution in [2.45, 2.75) is 122 Å². The number of fused-ring (bicyclic) bond motifs is 2. The van der Waals surface area contributed by atoms with Gasteiger partial charge in [0.05, 0.1) is 42.3 Å². The lowest BCUT2D eigenvalue weighted by Gasteiger charge is -2.37. The maximum atomic E-state index is 16.4. The van der Waals surface area contributed by atoms with Crippen molar-refractivity contribution in [3.05, 3.63) is 141 Å². The van der Waals surface area contributed by atoms with Gasteiger partial charge in [-0.2, -0.15) is 15.2 Å². The lowest BCUT2D eigenvalue weighted by molar-refractivity contribution is -0.0255. The minimum Gasteiger partial charge on any atom is -0.387 e. The van der Waals surface area contributed by atoms with E-state index in [1.165, 1.54) is 4.57 Å². The number of carbonyl (C=O) groups excluding carboxylic acids is 2. The molecule has 20 heteroatoms. The quantitative estimate of drug-likeness (QED) is 0.0613. The van der Waals surface area contributed by atoms with E-state index in [0.717, 1.165) is 4.57 Å². The molecule has 0 aliphatic carbocycles. The van der Waals surface area contributed by atoms with Crippen molar-refractivity contribution in [2.75, 3.05) is 17.2 Å². The maximum absolute atomic E-state index is 16.4. The van der Waals surface area contributed by atoms with E-state index >= 15 is 4.39 Å². The van der Waals surface area contributed by atoms with E-state index < -0.39 is 80.9 Å². The zero-order chi connectivity index (χ0) is 50.9. The lowest BCUT2D eigenvalue weighted by Crippen LogP contribution is -2.38. The topological polar surface area (TPSA) is 212 Å². The molecule has 3 N–H and O–H groups in total. The number of halogens is 2. The number of carbonyl (C=O) groups is 2. The van der Waals surface area contributed by atoms with Crippen LogP contribution in [0.5, 0.6) is 0 Å². The van der Waals surface area contributed by atoms with Crippen LogP contribution >= 0.6 is 8.53 Å². The number of hydrogen-bond acceptors (Lipinski definition) is 13. The summed E-state index contributed by atoms with van der Waals surface area (Å²) < 4.78 is 59.5. The summed E-state index contributed by atoms with van der Waals surface area (Å²) in [6, 6.07) is 32.8. The second kappa shape index (κ2) is 23.7. The molecule has 0 saturated carbocycles. The van der Waals surface area contributed by atoms with Crippen molar-refractivity contribution in [3.8, 4) is 6.07 Å². The van der Waals surface area contributed by atoms with Crippen LogP contribution in [0.2, 0.25) is 0 Å². The molecular weight excluding hydrogens is 938 g/mol. The van der Waals surface area contributed by atoms with Gasteiger partial charge in [-0.05, 0) is 89.1 Å². The van der Waals surface area contributed by atoms with Crippen LogP contribution in [0, 0.1) is 11.3 Å². The SMILES string of the molecule is CC[C@H]1O[C@@H](n2c(=O)nc(NC(=O)c3ccccc3)c3ccccc32)[C@H](F)[C@@H]1O.CC[C@H]1O[C@@H](n2c(=O)nc(NC(=O)c3ccccc3)c3ccccc32)[C@H](F)[C@@H]1OP(OCCC#N)N(C(C)C)C(C)C. The van der Waals surface area contributed by atoms with Gasteiger partial charge in [-0.15, -0.1) is 0 Å². The van der Waals surface area contributed by atoms with Crippen molar-refractivity contribution in [1.29, 1.82) is 5.26 Å². The van der Waals surface area contributed by atoms with Crippen LogP contribution < -0.4 is 22.0 Å². The molecule has 1 unspecified atom stereocenters. The summed E-state index contributed by atoms with van der Waals surface area (Å²) in [5, 5.41) is 25.4. The monoisotopic (exact) mass is 994 g/mol. The number of aliphatic hydroxyl groups excluding tert-OH is 1. The zero-order valence-corrected chi connectivity index (χ0v) is 41.0. The molecule has 9 atom stereocenters. The molecule has 374 valence electrons. The standard InChI is InChI=1S/C30H37FN5O5P.C21H20FN3O4/c1-6-24-26(41-42(39-18-12-17-32)36(19(2)3)20(4)5)25(31)29(40-24)35-23-16-11-10-15-22(23)27(34-30(35)38)33-28(37)21-13-8-7-9-14-21;1-2-15-17(26)16(22)20(29-15)25-14-11-7-6-10-13(14)18(24-21(25)28)23-19(27)12-8-4-3-5-9-12/h7-11,13-16,19-20,24-26,29H,6,12,18H2,1-5H3,(H,33,34,37,38);3-11,15-17,20,26H,2H2,1H3,(H,23,24,27,28)/t24-,25-,26-,29-,42?;15-,16-,17-,20-/m11/s1. The third-order valence-electron chi connectivity index (χ3n) is 11.9. The number of aliphatic hydroxyl groups is 1. The summed E-state index contributed by atoms with van der Waals surface area (Å²) in [6.45, 7) is 11.8. The second-order valence-electron chi connectivity index (χ2n) is 17.3. The number of aromatic nitrogens is 4. The van der Waals surface area contributed by atoms with E-state index in [0.29, 0.717) is 45.8 Å². The molecule has 6 aromatic rings. The summed E-state index contributed by atoms with van der Waals surface area (Å²) in [5.74, 6) is -0.679. The smallest absolute Gasteiger partial charge is 0.352 e. The first-order valence-electron chi connectivity index (χ1n) is 23.5. The summed E-state index contributed by atoms with van der Waals surface area (Å²) >= 11 is 0. The predicted molar refractivity (Wildman–Crippen MR) is 265 cm³/mol. The Hall–Kier alpha value is -6.36. The van der Waals surface area contributed by atoms with Gasteiger partial charge in [-0.1, -0.05) is 74.5 Å². The molecule has 2 aromatic heterocycles. The van der Waals surface area contributed by atoms with Crippen LogP contribution in [0.15, 0.2) is 119 Å². The normalized spacial score (nSPS) is 22.4. The highest BCUT2D eigenvalue weighted by Crippen LogP contribution is 2.51. The fraction of sp³-hybridized carbons (Fsp3) is 0.392. The fourth-order valence-corrected chi connectivity index (χ4v) is 10.4. The first kappa shape index (κ1) is 52.5. The van der Waals surface area contributed by atoms with Crippen LogP contribution in [0.25, 0.3) is 21.8 Å². The number of rotatable bonds is 16. The first-order valence-corrected chi connectivity index (χ1v) is 24.6. The summed E-state index contributed by atoms with van der Waals surface area (Å²) in [6.07, 6.45) is -8.83. The Morgan fingerprint density at radius 2 is 1.17 bits per heavy atom. The molecular formula is C51H57F2N8O9P. The molecule has 2 amide bonds. The number of hydrogen-bond donors (Lipinski definition) is 3. The molecule has 2 aliphatic heterocycles. The van der Waals surface area contributed by atoms with E-state index in [9.17, 15) is 28.7 Å². The zero-order valence-electron chi connectivity index (χ0n) is 40.1. The van der Waals surface area contributed by atoms with Gasteiger partial charge in [0.1, 0.15) is 23.8 Å². The van der Waals surface area contributed by atoms with Crippen LogP contribution in [-0.2, 0) is 18.5 Å². The van der Waals surface area contributed by atoms with Gasteiger partial charge in [0, 0.05) is 34.0 Å². The van der Waals surface area contributed by atoms with Crippen LogP contribution in [0.4, 0.5) is 20.4 Å². The first-order chi connectivity index (χ1) is 34.2. The Morgan fingerprint density at radius 3 is 1.61 bits per heavy atom. The highest BCUT2D eigenvalue weighted by Gasteiger charge is 2.50. The van der Waals surface area contributed by atoms with Crippen LogP contribution in [0.3, 0.4) is 0 Å². The average molecular weight is 995 g/mol. The summed E-state index contributed by atoms with van der Waals surface area (Å²) in [7, 11) is -1.74. The number of amides is 2. The minimum absolute atomic E-state index is 0.0313. The van der Waals surface area contributed by atoms with Crippen molar-refractivity contribution < 1.29 is 42.0 Å². The van der Waals surface area contributed by atoms with Crippen molar-refractivity contribution in [3.63, 3.8) is 0 Å². The maximum Gasteiger partial charge on any atom is 0.352 e. The Kier molecular flexibility index (Phi) is 17.5. The molecule has 4 heterocycles. The van der Waals surface area contributed by atoms with E-state index in [1.807, 2.05) is 39.3 Å². The number of para-hydroxylation sites is 2. The third-order valence-corrected chi connectivity index (χ3v) is 14.1. The van der Waals surface area contributed by atoms with E-state index in [1.54, 1.807) is 116 Å². The molecule has 2 saturated heterocycles. The molecule has 0 bridgehead atoms. The molecule has 2 fully saturated rings. The van der Waals surface area contributed by atoms with Crippen molar-refractivity contribution >= 4 is 53.8 Å². The number of nitrogens with zero attached hydrogens (tertiary/aromatic N) is 6. The van der Waals surface area contributed by atoms with Gasteiger partial charge < -0.3 is 34.3 Å². The van der Waals surface area contributed by atoms with E-state index in [-0.39, 0.29) is 36.7 Å². The molecule has 71 heavy (non-hydrogen) atoms.